The third kappa shape index (κ3) is 3.38. The number of carbonyl (C=O) groups excluding carboxylic acids is 1. The maximum atomic E-state index is 12.4. The molecule has 26 heavy (non-hydrogen) atoms. The molecule has 4 rings (SSSR count). The topological polar surface area (TPSA) is 74.8 Å². The molecule has 132 valence electrons. The molecular weight excluding hydrogens is 326 g/mol. The number of aromatic nitrogens is 2. The molecule has 1 aromatic heterocycles. The van der Waals surface area contributed by atoms with Gasteiger partial charge in [-0.1, -0.05) is 36.4 Å². The molecule has 2 aromatic carbocycles. The number of carbonyl (C=O) groups is 1. The van der Waals surface area contributed by atoms with Crippen molar-refractivity contribution in [1.82, 2.24) is 15.3 Å². The average molecular weight is 347 g/mol. The molecule has 0 saturated heterocycles. The standard InChI is InChI=1S/C21H21N3O2/c25-20(23-17-11-5-7-14-6-1-2-8-15(14)17)13-12-19-22-18-10-4-3-9-16(18)21(26)24-19/h1-4,6,8-10,17H,5,7,11-13H2,(H,23,25)(H,22,24,26)/t17-/m0/s1. The first-order chi connectivity index (χ1) is 12.7. The molecule has 3 aromatic rings. The maximum Gasteiger partial charge on any atom is 0.258 e. The van der Waals surface area contributed by atoms with Crippen molar-refractivity contribution in [2.45, 2.75) is 38.1 Å². The quantitative estimate of drug-likeness (QED) is 0.762. The number of para-hydroxylation sites is 1. The molecule has 0 radical (unpaired) electrons. The zero-order valence-corrected chi connectivity index (χ0v) is 14.5. The second-order valence-corrected chi connectivity index (χ2v) is 6.74. The van der Waals surface area contributed by atoms with Crippen LogP contribution in [0.4, 0.5) is 0 Å². The van der Waals surface area contributed by atoms with Crippen LogP contribution in [-0.2, 0) is 17.6 Å². The summed E-state index contributed by atoms with van der Waals surface area (Å²) in [7, 11) is 0. The predicted octanol–water partition coefficient (Wildman–Crippen LogP) is 3.05. The lowest BCUT2D eigenvalue weighted by Gasteiger charge is -2.26. The Morgan fingerprint density at radius 3 is 2.88 bits per heavy atom. The molecular formula is C21H21N3O2. The molecule has 2 N–H and O–H groups in total. The average Bonchev–Trinajstić information content (AvgIpc) is 2.67. The number of H-pyrrole nitrogens is 1. The molecule has 0 bridgehead atoms. The summed E-state index contributed by atoms with van der Waals surface area (Å²) in [5.41, 5.74) is 3.05. The van der Waals surface area contributed by atoms with Gasteiger partial charge in [0.2, 0.25) is 5.91 Å². The van der Waals surface area contributed by atoms with Gasteiger partial charge in [0.25, 0.3) is 5.56 Å². The monoisotopic (exact) mass is 347 g/mol. The van der Waals surface area contributed by atoms with Crippen molar-refractivity contribution in [2.75, 3.05) is 0 Å². The Balaban J connectivity index is 1.43. The Hall–Kier alpha value is -2.95. The van der Waals surface area contributed by atoms with Crippen LogP contribution in [0.2, 0.25) is 0 Å². The van der Waals surface area contributed by atoms with Crippen LogP contribution >= 0.6 is 0 Å². The molecule has 5 nitrogen and oxygen atoms in total. The Bertz CT molecular complexity index is 1010. The third-order valence-electron chi connectivity index (χ3n) is 4.96. The second-order valence-electron chi connectivity index (χ2n) is 6.74. The minimum Gasteiger partial charge on any atom is -0.349 e. The van der Waals surface area contributed by atoms with E-state index in [4.69, 9.17) is 0 Å². The fourth-order valence-corrected chi connectivity index (χ4v) is 3.66. The predicted molar refractivity (Wildman–Crippen MR) is 101 cm³/mol. The van der Waals surface area contributed by atoms with Gasteiger partial charge in [0.15, 0.2) is 0 Å². The molecule has 1 heterocycles. The Morgan fingerprint density at radius 2 is 1.96 bits per heavy atom. The van der Waals surface area contributed by atoms with Crippen LogP contribution < -0.4 is 10.9 Å². The minimum absolute atomic E-state index is 0.0116. The lowest BCUT2D eigenvalue weighted by Crippen LogP contribution is -2.31. The number of benzene rings is 2. The molecule has 1 atom stereocenters. The molecule has 0 spiro atoms. The largest absolute Gasteiger partial charge is 0.349 e. The summed E-state index contributed by atoms with van der Waals surface area (Å²) in [5.74, 6) is 0.537. The smallest absolute Gasteiger partial charge is 0.258 e. The van der Waals surface area contributed by atoms with Crippen molar-refractivity contribution >= 4 is 16.8 Å². The van der Waals surface area contributed by atoms with E-state index in [1.165, 1.54) is 11.1 Å². The Morgan fingerprint density at radius 1 is 1.15 bits per heavy atom. The van der Waals surface area contributed by atoms with E-state index in [0.29, 0.717) is 29.6 Å². The lowest BCUT2D eigenvalue weighted by atomic mass is 9.87. The van der Waals surface area contributed by atoms with Crippen LogP contribution in [0.15, 0.2) is 53.3 Å². The van der Waals surface area contributed by atoms with Crippen LogP contribution in [0.1, 0.15) is 42.3 Å². The summed E-state index contributed by atoms with van der Waals surface area (Å²) in [5, 5.41) is 3.71. The van der Waals surface area contributed by atoms with Gasteiger partial charge in [0, 0.05) is 12.8 Å². The van der Waals surface area contributed by atoms with E-state index < -0.39 is 0 Å². The van der Waals surface area contributed by atoms with Crippen LogP contribution in [0, 0.1) is 0 Å². The SMILES string of the molecule is O=C(CCc1nc2ccccc2c(=O)[nH]1)N[C@H]1CCCc2ccccc21. The van der Waals surface area contributed by atoms with Gasteiger partial charge in [0.1, 0.15) is 5.82 Å². The summed E-state index contributed by atoms with van der Waals surface area (Å²) in [6.45, 7) is 0. The fourth-order valence-electron chi connectivity index (χ4n) is 3.66. The van der Waals surface area contributed by atoms with E-state index >= 15 is 0 Å². The maximum absolute atomic E-state index is 12.4. The molecule has 0 saturated carbocycles. The van der Waals surface area contributed by atoms with Crippen LogP contribution in [0.5, 0.6) is 0 Å². The van der Waals surface area contributed by atoms with Gasteiger partial charge in [-0.2, -0.15) is 0 Å². The molecule has 0 aliphatic heterocycles. The van der Waals surface area contributed by atoms with E-state index in [1.807, 2.05) is 30.3 Å². The number of rotatable bonds is 4. The molecule has 0 unspecified atom stereocenters. The van der Waals surface area contributed by atoms with Crippen LogP contribution in [-0.4, -0.2) is 15.9 Å². The number of nitrogens with zero attached hydrogens (tertiary/aromatic N) is 1. The van der Waals surface area contributed by atoms with Crippen molar-refractivity contribution in [3.8, 4) is 0 Å². The highest BCUT2D eigenvalue weighted by Gasteiger charge is 2.21. The summed E-state index contributed by atoms with van der Waals surface area (Å²) < 4.78 is 0. The van der Waals surface area contributed by atoms with Crippen LogP contribution in [0.25, 0.3) is 10.9 Å². The molecule has 1 aliphatic rings. The van der Waals surface area contributed by atoms with Crippen molar-refractivity contribution in [3.63, 3.8) is 0 Å². The van der Waals surface area contributed by atoms with Crippen LogP contribution in [0.3, 0.4) is 0 Å². The summed E-state index contributed by atoms with van der Waals surface area (Å²) >= 11 is 0. The van der Waals surface area contributed by atoms with Crippen molar-refractivity contribution in [1.29, 1.82) is 0 Å². The van der Waals surface area contributed by atoms with E-state index in [1.54, 1.807) is 6.07 Å². The van der Waals surface area contributed by atoms with Gasteiger partial charge in [0.05, 0.1) is 16.9 Å². The molecule has 1 amide bonds. The zero-order valence-electron chi connectivity index (χ0n) is 14.5. The Kier molecular flexibility index (Phi) is 4.52. The highest BCUT2D eigenvalue weighted by Crippen LogP contribution is 2.29. The normalized spacial score (nSPS) is 16.2. The number of hydrogen-bond donors (Lipinski definition) is 2. The highest BCUT2D eigenvalue weighted by atomic mass is 16.1. The first-order valence-corrected chi connectivity index (χ1v) is 9.06. The fraction of sp³-hybridized carbons (Fsp3) is 0.286. The number of aromatic amines is 1. The first-order valence-electron chi connectivity index (χ1n) is 9.06. The molecule has 1 aliphatic carbocycles. The third-order valence-corrected chi connectivity index (χ3v) is 4.96. The van der Waals surface area contributed by atoms with Crippen molar-refractivity contribution in [3.05, 3.63) is 75.8 Å². The van der Waals surface area contributed by atoms with Gasteiger partial charge in [-0.15, -0.1) is 0 Å². The second kappa shape index (κ2) is 7.12. The van der Waals surface area contributed by atoms with Gasteiger partial charge in [-0.05, 0) is 42.5 Å². The van der Waals surface area contributed by atoms with E-state index in [9.17, 15) is 9.59 Å². The number of hydrogen-bond acceptors (Lipinski definition) is 3. The minimum atomic E-state index is -0.160. The summed E-state index contributed by atoms with van der Waals surface area (Å²) in [6, 6.07) is 15.6. The molecule has 0 fully saturated rings. The van der Waals surface area contributed by atoms with Gasteiger partial charge >= 0.3 is 0 Å². The van der Waals surface area contributed by atoms with E-state index in [2.05, 4.69) is 27.4 Å². The number of amides is 1. The Labute approximate surface area is 151 Å². The van der Waals surface area contributed by atoms with Crippen molar-refractivity contribution in [2.24, 2.45) is 0 Å². The molecule has 5 heteroatoms. The zero-order chi connectivity index (χ0) is 17.9. The first kappa shape index (κ1) is 16.5. The lowest BCUT2D eigenvalue weighted by molar-refractivity contribution is -0.121. The number of nitrogens with one attached hydrogen (secondary N) is 2. The number of aryl methyl sites for hydroxylation is 2. The van der Waals surface area contributed by atoms with E-state index in [0.717, 1.165) is 19.3 Å². The van der Waals surface area contributed by atoms with Gasteiger partial charge < -0.3 is 10.3 Å². The van der Waals surface area contributed by atoms with Gasteiger partial charge in [-0.25, -0.2) is 4.98 Å². The summed E-state index contributed by atoms with van der Waals surface area (Å²) in [4.78, 5) is 31.7. The summed E-state index contributed by atoms with van der Waals surface area (Å²) in [6.07, 6.45) is 3.85. The van der Waals surface area contributed by atoms with E-state index in [-0.39, 0.29) is 17.5 Å². The highest BCUT2D eigenvalue weighted by molar-refractivity contribution is 5.78. The number of fused-ring (bicyclic) bond motifs is 2. The van der Waals surface area contributed by atoms with Gasteiger partial charge in [-0.3, -0.25) is 9.59 Å². The van der Waals surface area contributed by atoms with Crippen molar-refractivity contribution < 1.29 is 4.79 Å².